The molecule has 1 aliphatic rings. The summed E-state index contributed by atoms with van der Waals surface area (Å²) >= 11 is 0. The zero-order chi connectivity index (χ0) is 12.7. The zero-order valence-electron chi connectivity index (χ0n) is 9.92. The average molecular weight is 247 g/mol. The van der Waals surface area contributed by atoms with Gasteiger partial charge in [0, 0.05) is 12.1 Å². The Bertz CT molecular complexity index is 604. The molecule has 2 aromatic rings. The van der Waals surface area contributed by atoms with E-state index in [4.69, 9.17) is 4.42 Å². The molecule has 18 heavy (non-hydrogen) atoms. The summed E-state index contributed by atoms with van der Waals surface area (Å²) in [6.45, 7) is 2.09. The lowest BCUT2D eigenvalue weighted by molar-refractivity contribution is -0.384. The molecule has 1 heterocycles. The van der Waals surface area contributed by atoms with Crippen LogP contribution < -0.4 is 5.32 Å². The van der Waals surface area contributed by atoms with Crippen LogP contribution in [-0.4, -0.2) is 15.9 Å². The number of nitro groups is 1. The van der Waals surface area contributed by atoms with Crippen molar-refractivity contribution in [1.29, 1.82) is 0 Å². The van der Waals surface area contributed by atoms with Crippen molar-refractivity contribution >= 4 is 22.8 Å². The molecule has 3 rings (SSSR count). The number of nitro benzene ring substituents is 1. The van der Waals surface area contributed by atoms with Crippen LogP contribution in [0.15, 0.2) is 22.6 Å². The highest BCUT2D eigenvalue weighted by molar-refractivity contribution is 5.77. The van der Waals surface area contributed by atoms with E-state index < -0.39 is 4.92 Å². The maximum absolute atomic E-state index is 10.7. The molecule has 0 amide bonds. The Morgan fingerprint density at radius 2 is 2.33 bits per heavy atom. The summed E-state index contributed by atoms with van der Waals surface area (Å²) in [5.74, 6) is 0.689. The smallest absolute Gasteiger partial charge is 0.295 e. The minimum absolute atomic E-state index is 0.0143. The van der Waals surface area contributed by atoms with Crippen molar-refractivity contribution in [2.24, 2.45) is 5.92 Å². The van der Waals surface area contributed by atoms with Crippen molar-refractivity contribution in [1.82, 2.24) is 4.98 Å². The van der Waals surface area contributed by atoms with Crippen LogP contribution >= 0.6 is 0 Å². The third kappa shape index (κ3) is 2.01. The molecule has 1 aromatic heterocycles. The third-order valence-corrected chi connectivity index (χ3v) is 3.26. The first-order valence-corrected chi connectivity index (χ1v) is 5.95. The van der Waals surface area contributed by atoms with E-state index in [2.05, 4.69) is 17.2 Å². The molecule has 1 aliphatic carbocycles. The van der Waals surface area contributed by atoms with Crippen LogP contribution in [-0.2, 0) is 0 Å². The number of non-ortho nitro benzene ring substituents is 1. The van der Waals surface area contributed by atoms with Gasteiger partial charge in [-0.1, -0.05) is 0 Å². The fourth-order valence-electron chi connectivity index (χ4n) is 2.00. The second kappa shape index (κ2) is 3.97. The topological polar surface area (TPSA) is 81.2 Å². The fraction of sp³-hybridized carbons (Fsp3) is 0.417. The molecular weight excluding hydrogens is 234 g/mol. The van der Waals surface area contributed by atoms with Gasteiger partial charge in [-0.05, 0) is 31.7 Å². The number of hydrogen-bond acceptors (Lipinski definition) is 5. The first-order chi connectivity index (χ1) is 8.63. The predicted molar refractivity (Wildman–Crippen MR) is 66.5 cm³/mol. The first kappa shape index (κ1) is 11.0. The van der Waals surface area contributed by atoms with Gasteiger partial charge in [0.15, 0.2) is 5.58 Å². The average Bonchev–Trinajstić information content (AvgIpc) is 3.09. The fourth-order valence-corrected chi connectivity index (χ4v) is 2.00. The number of hydrogen-bond donors (Lipinski definition) is 1. The number of rotatable bonds is 4. The molecule has 0 saturated heterocycles. The van der Waals surface area contributed by atoms with Crippen molar-refractivity contribution in [2.75, 3.05) is 5.32 Å². The lowest BCUT2D eigenvalue weighted by Gasteiger charge is -2.09. The van der Waals surface area contributed by atoms with Gasteiger partial charge in [0.2, 0.25) is 0 Å². The molecule has 1 aromatic carbocycles. The standard InChI is InChI=1S/C12H13N3O3/c1-7(8-2-3-8)13-12-14-10-5-4-9(15(16)17)6-11(10)18-12/h4-8H,2-3H2,1H3,(H,13,14). The summed E-state index contributed by atoms with van der Waals surface area (Å²) in [5, 5.41) is 13.8. The number of oxazole rings is 1. The van der Waals surface area contributed by atoms with Crippen LogP contribution in [0.3, 0.4) is 0 Å². The van der Waals surface area contributed by atoms with Crippen LogP contribution in [0, 0.1) is 16.0 Å². The Labute approximate surface area is 103 Å². The molecule has 0 bridgehead atoms. The Kier molecular flexibility index (Phi) is 2.43. The highest BCUT2D eigenvalue weighted by atomic mass is 16.6. The summed E-state index contributed by atoms with van der Waals surface area (Å²) in [6, 6.07) is 5.19. The highest BCUT2D eigenvalue weighted by Gasteiger charge is 2.28. The van der Waals surface area contributed by atoms with Crippen LogP contribution in [0.5, 0.6) is 0 Å². The van der Waals surface area contributed by atoms with E-state index >= 15 is 0 Å². The van der Waals surface area contributed by atoms with E-state index in [1.807, 2.05) is 0 Å². The van der Waals surface area contributed by atoms with Gasteiger partial charge in [0.25, 0.3) is 11.7 Å². The molecule has 0 aliphatic heterocycles. The van der Waals surface area contributed by atoms with Crippen molar-refractivity contribution in [3.05, 3.63) is 28.3 Å². The summed E-state index contributed by atoms with van der Waals surface area (Å²) in [6.07, 6.45) is 2.47. The molecule has 94 valence electrons. The van der Waals surface area contributed by atoms with Gasteiger partial charge in [-0.15, -0.1) is 0 Å². The van der Waals surface area contributed by atoms with Gasteiger partial charge < -0.3 is 9.73 Å². The number of nitrogens with one attached hydrogen (secondary N) is 1. The van der Waals surface area contributed by atoms with Gasteiger partial charge in [-0.25, -0.2) is 0 Å². The van der Waals surface area contributed by atoms with Crippen molar-refractivity contribution in [3.8, 4) is 0 Å². The number of benzene rings is 1. The lowest BCUT2D eigenvalue weighted by Crippen LogP contribution is -2.17. The Balaban J connectivity index is 1.87. The van der Waals surface area contributed by atoms with E-state index in [0.717, 1.165) is 0 Å². The van der Waals surface area contributed by atoms with Crippen molar-refractivity contribution in [2.45, 2.75) is 25.8 Å². The van der Waals surface area contributed by atoms with Gasteiger partial charge in [-0.2, -0.15) is 4.98 Å². The summed E-state index contributed by atoms with van der Waals surface area (Å²) < 4.78 is 5.48. The third-order valence-electron chi connectivity index (χ3n) is 3.26. The predicted octanol–water partition coefficient (Wildman–Crippen LogP) is 2.95. The number of anilines is 1. The van der Waals surface area contributed by atoms with E-state index in [1.54, 1.807) is 6.07 Å². The molecular formula is C12H13N3O3. The molecule has 1 saturated carbocycles. The molecule has 0 radical (unpaired) electrons. The number of fused-ring (bicyclic) bond motifs is 1. The van der Waals surface area contributed by atoms with E-state index in [-0.39, 0.29) is 5.69 Å². The maximum atomic E-state index is 10.7. The number of nitrogens with zero attached hydrogens (tertiary/aromatic N) is 2. The van der Waals surface area contributed by atoms with Crippen LogP contribution in [0.25, 0.3) is 11.1 Å². The maximum Gasteiger partial charge on any atom is 0.295 e. The van der Waals surface area contributed by atoms with Crippen molar-refractivity contribution in [3.63, 3.8) is 0 Å². The zero-order valence-corrected chi connectivity index (χ0v) is 9.92. The van der Waals surface area contributed by atoms with Gasteiger partial charge in [-0.3, -0.25) is 10.1 Å². The summed E-state index contributed by atoms with van der Waals surface area (Å²) in [7, 11) is 0. The molecule has 0 spiro atoms. The minimum atomic E-state index is -0.443. The number of aromatic nitrogens is 1. The minimum Gasteiger partial charge on any atom is -0.423 e. The molecule has 1 unspecified atom stereocenters. The normalized spacial score (nSPS) is 16.7. The van der Waals surface area contributed by atoms with E-state index in [9.17, 15) is 10.1 Å². The van der Waals surface area contributed by atoms with E-state index in [1.165, 1.54) is 25.0 Å². The van der Waals surface area contributed by atoms with E-state index in [0.29, 0.717) is 29.1 Å². The van der Waals surface area contributed by atoms with Gasteiger partial charge >= 0.3 is 0 Å². The van der Waals surface area contributed by atoms with Gasteiger partial charge in [0.05, 0.1) is 11.0 Å². The second-order valence-corrected chi connectivity index (χ2v) is 4.70. The molecule has 6 nitrogen and oxygen atoms in total. The van der Waals surface area contributed by atoms with Crippen LogP contribution in [0.4, 0.5) is 11.7 Å². The lowest BCUT2D eigenvalue weighted by atomic mass is 10.2. The summed E-state index contributed by atoms with van der Waals surface area (Å²) in [4.78, 5) is 14.5. The largest absolute Gasteiger partial charge is 0.423 e. The van der Waals surface area contributed by atoms with Crippen LogP contribution in [0.2, 0.25) is 0 Å². The first-order valence-electron chi connectivity index (χ1n) is 5.95. The molecule has 1 atom stereocenters. The SMILES string of the molecule is CC(Nc1nc2ccc([N+](=O)[O-])cc2o1)C1CC1. The molecule has 1 fully saturated rings. The van der Waals surface area contributed by atoms with Crippen LogP contribution in [0.1, 0.15) is 19.8 Å². The Hall–Kier alpha value is -2.11. The monoisotopic (exact) mass is 247 g/mol. The highest BCUT2D eigenvalue weighted by Crippen LogP contribution is 2.34. The molecule has 6 heteroatoms. The quantitative estimate of drug-likeness (QED) is 0.663. The molecule has 1 N–H and O–H groups in total. The van der Waals surface area contributed by atoms with Gasteiger partial charge in [0.1, 0.15) is 5.52 Å². The summed E-state index contributed by atoms with van der Waals surface area (Å²) in [5.41, 5.74) is 1.08. The Morgan fingerprint density at radius 1 is 1.56 bits per heavy atom. The second-order valence-electron chi connectivity index (χ2n) is 4.70. The van der Waals surface area contributed by atoms with Crippen molar-refractivity contribution < 1.29 is 9.34 Å². The Morgan fingerprint density at radius 3 is 3.00 bits per heavy atom.